The molecule has 1 saturated heterocycles. The second kappa shape index (κ2) is 5.94. The van der Waals surface area contributed by atoms with Crippen molar-refractivity contribution in [1.29, 1.82) is 0 Å². The second-order valence-corrected chi connectivity index (χ2v) is 6.13. The number of piperidine rings is 1. The Morgan fingerprint density at radius 1 is 1.41 bits per heavy atom. The van der Waals surface area contributed by atoms with Crippen LogP contribution in [0.5, 0.6) is 0 Å². The van der Waals surface area contributed by atoms with Crippen molar-refractivity contribution in [2.45, 2.75) is 33.1 Å². The molecule has 6 nitrogen and oxygen atoms in total. The third-order valence-electron chi connectivity index (χ3n) is 4.78. The van der Waals surface area contributed by atoms with Gasteiger partial charge in [0.25, 0.3) is 5.91 Å². The van der Waals surface area contributed by atoms with E-state index in [0.717, 1.165) is 5.69 Å². The van der Waals surface area contributed by atoms with Crippen LogP contribution in [0.25, 0.3) is 0 Å². The van der Waals surface area contributed by atoms with Crippen molar-refractivity contribution >= 4 is 11.8 Å². The van der Waals surface area contributed by atoms with Gasteiger partial charge in [-0.15, -0.1) is 0 Å². The van der Waals surface area contributed by atoms with Crippen molar-refractivity contribution in [2.24, 2.45) is 18.2 Å². The maximum Gasteiger partial charge on any atom is 0.259 e. The minimum atomic E-state index is -0.677. The number of likely N-dealkylation sites (tertiary alicyclic amines) is 1. The molecule has 1 aromatic heterocycles. The Balaban J connectivity index is 2.32. The summed E-state index contributed by atoms with van der Waals surface area (Å²) in [5.74, 6) is -0.691. The van der Waals surface area contributed by atoms with Crippen molar-refractivity contribution in [1.82, 2.24) is 9.47 Å². The zero-order valence-corrected chi connectivity index (χ0v) is 13.4. The number of pyridine rings is 1. The lowest BCUT2D eigenvalue weighted by atomic mass is 9.77. The Morgan fingerprint density at radius 3 is 2.68 bits per heavy atom. The van der Waals surface area contributed by atoms with Crippen LogP contribution in [-0.4, -0.2) is 34.4 Å². The number of carbonyl (C=O) groups excluding carboxylic acids is 2. The number of nitrogens with zero attached hydrogens (tertiary/aromatic N) is 2. The van der Waals surface area contributed by atoms with Gasteiger partial charge in [-0.3, -0.25) is 14.4 Å². The Labute approximate surface area is 129 Å². The Bertz CT molecular complexity index is 665. The predicted octanol–water partition coefficient (Wildman–Crippen LogP) is 0.811. The normalized spacial score (nSPS) is 21.7. The van der Waals surface area contributed by atoms with Crippen LogP contribution in [0.3, 0.4) is 0 Å². The van der Waals surface area contributed by atoms with E-state index < -0.39 is 5.41 Å². The number of primary amides is 1. The quantitative estimate of drug-likeness (QED) is 0.896. The van der Waals surface area contributed by atoms with Gasteiger partial charge in [-0.25, -0.2) is 0 Å². The molecule has 6 heteroatoms. The second-order valence-electron chi connectivity index (χ2n) is 6.13. The predicted molar refractivity (Wildman–Crippen MR) is 83.5 cm³/mol. The number of hydrogen-bond acceptors (Lipinski definition) is 3. The molecule has 2 rings (SSSR count). The molecule has 0 aromatic carbocycles. The summed E-state index contributed by atoms with van der Waals surface area (Å²) in [4.78, 5) is 38.1. The first-order chi connectivity index (χ1) is 10.3. The summed E-state index contributed by atoms with van der Waals surface area (Å²) in [7, 11) is 1.79. The Kier molecular flexibility index (Phi) is 4.39. The van der Waals surface area contributed by atoms with Crippen LogP contribution in [0, 0.1) is 12.3 Å². The molecule has 1 atom stereocenters. The molecule has 120 valence electrons. The highest BCUT2D eigenvalue weighted by molar-refractivity contribution is 5.94. The van der Waals surface area contributed by atoms with Gasteiger partial charge >= 0.3 is 0 Å². The lowest BCUT2D eigenvalue weighted by Crippen LogP contribution is -2.52. The van der Waals surface area contributed by atoms with E-state index in [1.165, 1.54) is 6.07 Å². The highest BCUT2D eigenvalue weighted by atomic mass is 16.2. The van der Waals surface area contributed by atoms with Gasteiger partial charge in [0.2, 0.25) is 5.91 Å². The first kappa shape index (κ1) is 16.3. The van der Waals surface area contributed by atoms with E-state index in [2.05, 4.69) is 0 Å². The van der Waals surface area contributed by atoms with E-state index in [4.69, 9.17) is 5.73 Å². The smallest absolute Gasteiger partial charge is 0.259 e. The molecule has 0 aliphatic carbocycles. The summed E-state index contributed by atoms with van der Waals surface area (Å²) in [5.41, 5.74) is 5.52. The minimum absolute atomic E-state index is 0.143. The van der Waals surface area contributed by atoms with Crippen molar-refractivity contribution in [3.05, 3.63) is 33.7 Å². The van der Waals surface area contributed by atoms with Crippen molar-refractivity contribution in [3.63, 3.8) is 0 Å². The largest absolute Gasteiger partial charge is 0.369 e. The van der Waals surface area contributed by atoms with Gasteiger partial charge in [-0.05, 0) is 26.2 Å². The van der Waals surface area contributed by atoms with Crippen LogP contribution >= 0.6 is 0 Å². The Morgan fingerprint density at radius 2 is 2.09 bits per heavy atom. The first-order valence-corrected chi connectivity index (χ1v) is 7.57. The number of nitrogens with two attached hydrogens (primary N) is 1. The summed E-state index contributed by atoms with van der Waals surface area (Å²) in [6, 6.07) is 1.46. The Hall–Kier alpha value is -2.11. The third kappa shape index (κ3) is 2.77. The lowest BCUT2D eigenvalue weighted by molar-refractivity contribution is -0.130. The van der Waals surface area contributed by atoms with Crippen LogP contribution in [-0.2, 0) is 11.8 Å². The number of hydrogen-bond donors (Lipinski definition) is 1. The van der Waals surface area contributed by atoms with Crippen molar-refractivity contribution in [2.75, 3.05) is 13.1 Å². The maximum atomic E-state index is 12.7. The molecule has 1 aliphatic heterocycles. The molecule has 0 radical (unpaired) electrons. The van der Waals surface area contributed by atoms with Crippen molar-refractivity contribution in [3.8, 4) is 0 Å². The summed E-state index contributed by atoms with van der Waals surface area (Å²) in [5, 5.41) is 0. The monoisotopic (exact) mass is 305 g/mol. The summed E-state index contributed by atoms with van der Waals surface area (Å²) < 4.78 is 1.75. The molecule has 0 unspecified atom stereocenters. The molecule has 0 saturated carbocycles. The fourth-order valence-electron chi connectivity index (χ4n) is 3.03. The average molecular weight is 305 g/mol. The number of amides is 2. The standard InChI is InChI=1S/C16H23N3O3/c1-4-16(15(17)22)6-5-7-19(10-16)14(21)12-9-18(3)11(2)8-13(12)20/h8-9H,4-7,10H2,1-3H3,(H2,17,22)/t16-/m1/s1. The van der Waals surface area contributed by atoms with Crippen LogP contribution in [0.1, 0.15) is 42.2 Å². The van der Waals surface area contributed by atoms with Crippen LogP contribution in [0.2, 0.25) is 0 Å². The van der Waals surface area contributed by atoms with Gasteiger partial charge in [0, 0.05) is 38.1 Å². The minimum Gasteiger partial charge on any atom is -0.369 e. The number of carbonyl (C=O) groups is 2. The summed E-state index contributed by atoms with van der Waals surface area (Å²) in [6.07, 6.45) is 3.56. The zero-order valence-electron chi connectivity index (χ0n) is 13.4. The first-order valence-electron chi connectivity index (χ1n) is 7.57. The van der Waals surface area contributed by atoms with Gasteiger partial charge in [0.05, 0.1) is 5.41 Å². The number of rotatable bonds is 3. The van der Waals surface area contributed by atoms with Gasteiger partial charge in [0.15, 0.2) is 5.43 Å². The highest BCUT2D eigenvalue weighted by Gasteiger charge is 2.41. The van der Waals surface area contributed by atoms with Crippen LogP contribution in [0.15, 0.2) is 17.1 Å². The number of aromatic nitrogens is 1. The topological polar surface area (TPSA) is 85.4 Å². The molecule has 1 aliphatic rings. The van der Waals surface area contributed by atoms with Gasteiger partial charge < -0.3 is 15.2 Å². The molecule has 0 bridgehead atoms. The molecule has 1 aromatic rings. The fraction of sp³-hybridized carbons (Fsp3) is 0.562. The third-order valence-corrected chi connectivity index (χ3v) is 4.78. The van der Waals surface area contributed by atoms with Crippen LogP contribution in [0.4, 0.5) is 0 Å². The van der Waals surface area contributed by atoms with Crippen LogP contribution < -0.4 is 11.2 Å². The van der Waals surface area contributed by atoms with E-state index in [1.807, 2.05) is 13.8 Å². The molecule has 22 heavy (non-hydrogen) atoms. The van der Waals surface area contributed by atoms with E-state index in [1.54, 1.807) is 22.7 Å². The van der Waals surface area contributed by atoms with Gasteiger partial charge in [0.1, 0.15) is 5.56 Å². The molecule has 2 heterocycles. The fourth-order valence-corrected chi connectivity index (χ4v) is 3.03. The highest BCUT2D eigenvalue weighted by Crippen LogP contribution is 2.33. The van der Waals surface area contributed by atoms with Gasteiger partial charge in [-0.2, -0.15) is 0 Å². The molecule has 1 fully saturated rings. The lowest BCUT2D eigenvalue weighted by Gasteiger charge is -2.40. The van der Waals surface area contributed by atoms with Crippen molar-refractivity contribution < 1.29 is 9.59 Å². The molecule has 2 N–H and O–H groups in total. The van der Waals surface area contributed by atoms with E-state index >= 15 is 0 Å². The molecule has 0 spiro atoms. The summed E-state index contributed by atoms with van der Waals surface area (Å²) in [6.45, 7) is 4.55. The zero-order chi connectivity index (χ0) is 16.5. The molecular formula is C16H23N3O3. The van der Waals surface area contributed by atoms with E-state index in [-0.39, 0.29) is 29.4 Å². The molecule has 2 amide bonds. The molecular weight excluding hydrogens is 282 g/mol. The SMILES string of the molecule is CC[C@@]1(C(N)=O)CCCN(C(=O)c2cn(C)c(C)cc2=O)C1. The van der Waals surface area contributed by atoms with E-state index in [9.17, 15) is 14.4 Å². The number of aryl methyl sites for hydroxylation is 2. The average Bonchev–Trinajstić information content (AvgIpc) is 2.50. The maximum absolute atomic E-state index is 12.7. The van der Waals surface area contributed by atoms with E-state index in [0.29, 0.717) is 25.8 Å². The van der Waals surface area contributed by atoms with Gasteiger partial charge in [-0.1, -0.05) is 6.92 Å². The summed E-state index contributed by atoms with van der Waals surface area (Å²) >= 11 is 0.